The van der Waals surface area contributed by atoms with Crippen LogP contribution in [0.25, 0.3) is 0 Å². The molecule has 1 saturated heterocycles. The topological polar surface area (TPSA) is 32.8 Å². The van der Waals surface area contributed by atoms with Crippen molar-refractivity contribution in [2.24, 2.45) is 28.6 Å². The van der Waals surface area contributed by atoms with E-state index >= 15 is 0 Å². The predicted octanol–water partition coefficient (Wildman–Crippen LogP) is 6.81. The summed E-state index contributed by atoms with van der Waals surface area (Å²) in [6.45, 7) is 12.0. The van der Waals surface area contributed by atoms with Crippen molar-refractivity contribution in [2.75, 3.05) is 0 Å². The van der Waals surface area contributed by atoms with Gasteiger partial charge in [-0.1, -0.05) is 45.3 Å². The zero-order valence-corrected chi connectivity index (χ0v) is 19.3. The highest BCUT2D eigenvalue weighted by Crippen LogP contribution is 2.66. The minimum absolute atomic E-state index is 0.122. The van der Waals surface area contributed by atoms with Gasteiger partial charge in [0.1, 0.15) is 0 Å². The quantitative estimate of drug-likeness (QED) is 0.417. The first-order chi connectivity index (χ1) is 13.6. The summed E-state index contributed by atoms with van der Waals surface area (Å²) in [4.78, 5) is 0. The third kappa shape index (κ3) is 3.55. The molecule has 29 heavy (non-hydrogen) atoms. The lowest BCUT2D eigenvalue weighted by atomic mass is 9.52. The lowest BCUT2D eigenvalue weighted by molar-refractivity contribution is -0.00974. The van der Waals surface area contributed by atoms with E-state index < -0.39 is 0 Å². The summed E-state index contributed by atoms with van der Waals surface area (Å²) >= 11 is 0. The Morgan fingerprint density at radius 3 is 2.48 bits per heavy atom. The van der Waals surface area contributed by atoms with Crippen molar-refractivity contribution in [1.29, 1.82) is 0 Å². The molecule has 5 aliphatic rings. The Balaban J connectivity index is 1.28. The molecule has 2 heteroatoms. The minimum atomic E-state index is -0.356. The third-order valence-corrected chi connectivity index (χ3v) is 10.3. The third-order valence-electron chi connectivity index (χ3n) is 10.3. The minimum Gasteiger partial charge on any atom is -0.390 e. The zero-order valence-electron chi connectivity index (χ0n) is 19.3. The summed E-state index contributed by atoms with van der Waals surface area (Å²) in [6.07, 6.45) is 17.6. The molecular weight excluding hydrogens is 356 g/mol. The van der Waals surface area contributed by atoms with Crippen LogP contribution in [0.2, 0.25) is 0 Å². The normalized spacial score (nSPS) is 48.1. The molecule has 0 aromatic heterocycles. The van der Waals surface area contributed by atoms with Gasteiger partial charge >= 0.3 is 0 Å². The van der Waals surface area contributed by atoms with Gasteiger partial charge in [0, 0.05) is 5.41 Å². The van der Waals surface area contributed by atoms with Crippen LogP contribution in [0.4, 0.5) is 0 Å². The van der Waals surface area contributed by atoms with Crippen molar-refractivity contribution in [1.82, 2.24) is 0 Å². The monoisotopic (exact) mass is 400 g/mol. The molecule has 164 valence electrons. The molecule has 1 heterocycles. The molecule has 2 nitrogen and oxygen atoms in total. The number of aliphatic hydroxyl groups is 1. The maximum atomic E-state index is 11.0. The Morgan fingerprint density at radius 2 is 1.76 bits per heavy atom. The summed E-state index contributed by atoms with van der Waals surface area (Å²) in [5.74, 6) is 2.34. The van der Waals surface area contributed by atoms with E-state index in [0.29, 0.717) is 16.9 Å². The molecule has 5 rings (SSSR count). The largest absolute Gasteiger partial charge is 0.390 e. The lowest BCUT2D eigenvalue weighted by Crippen LogP contribution is -2.45. The Morgan fingerprint density at radius 1 is 1.00 bits per heavy atom. The highest BCUT2D eigenvalue weighted by molar-refractivity contribution is 5.22. The van der Waals surface area contributed by atoms with Crippen LogP contribution in [-0.2, 0) is 4.74 Å². The van der Waals surface area contributed by atoms with Gasteiger partial charge in [-0.15, -0.1) is 0 Å². The van der Waals surface area contributed by atoms with E-state index in [-0.39, 0.29) is 11.2 Å². The van der Waals surface area contributed by atoms with Crippen LogP contribution in [0, 0.1) is 28.6 Å². The predicted molar refractivity (Wildman–Crippen MR) is 119 cm³/mol. The van der Waals surface area contributed by atoms with Crippen LogP contribution in [0.1, 0.15) is 111 Å². The van der Waals surface area contributed by atoms with Crippen LogP contribution >= 0.6 is 0 Å². The van der Waals surface area contributed by atoms with Crippen molar-refractivity contribution in [3.63, 3.8) is 0 Å². The summed E-state index contributed by atoms with van der Waals surface area (Å²) in [7, 11) is 0. The molecule has 6 unspecified atom stereocenters. The average Bonchev–Trinajstić information content (AvgIpc) is 3.16. The first kappa shape index (κ1) is 20.6. The highest BCUT2D eigenvalue weighted by atomic mass is 16.6. The molecule has 0 aromatic carbocycles. The number of fused-ring (bicyclic) bond motifs is 3. The Labute approximate surface area is 178 Å². The van der Waals surface area contributed by atoms with Gasteiger partial charge in [0.05, 0.1) is 17.3 Å². The molecule has 1 aliphatic heterocycles. The fraction of sp³-hybridized carbons (Fsp3) is 0.926. The van der Waals surface area contributed by atoms with Gasteiger partial charge in [-0.05, 0) is 101 Å². The van der Waals surface area contributed by atoms with E-state index in [2.05, 4.69) is 27.4 Å². The number of epoxide rings is 1. The number of allylic oxidation sites excluding steroid dienone is 1. The summed E-state index contributed by atoms with van der Waals surface area (Å²) < 4.78 is 6.51. The molecule has 0 radical (unpaired) electrons. The summed E-state index contributed by atoms with van der Waals surface area (Å²) in [5.41, 5.74) is 2.13. The number of hydrogen-bond acceptors (Lipinski definition) is 2. The second kappa shape index (κ2) is 6.83. The molecule has 6 atom stereocenters. The van der Waals surface area contributed by atoms with E-state index in [0.717, 1.165) is 37.0 Å². The van der Waals surface area contributed by atoms with Crippen LogP contribution < -0.4 is 0 Å². The first-order valence-corrected chi connectivity index (χ1v) is 12.7. The molecular formula is C27H44O2. The van der Waals surface area contributed by atoms with Gasteiger partial charge in [-0.25, -0.2) is 0 Å². The summed E-state index contributed by atoms with van der Waals surface area (Å²) in [6, 6.07) is 0. The smallest absolute Gasteiger partial charge is 0.0930 e. The lowest BCUT2D eigenvalue weighted by Gasteiger charge is -2.53. The van der Waals surface area contributed by atoms with Crippen LogP contribution in [-0.4, -0.2) is 22.4 Å². The fourth-order valence-electron chi connectivity index (χ4n) is 8.43. The Kier molecular flexibility index (Phi) is 4.84. The molecule has 0 amide bonds. The molecule has 1 spiro atoms. The van der Waals surface area contributed by atoms with Crippen molar-refractivity contribution in [2.45, 2.75) is 128 Å². The van der Waals surface area contributed by atoms with E-state index in [1.54, 1.807) is 5.57 Å². The first-order valence-electron chi connectivity index (χ1n) is 12.7. The van der Waals surface area contributed by atoms with Gasteiger partial charge in [0.15, 0.2) is 0 Å². The SMILES string of the molecule is C=C1CC2(CCC(CCC3(O)CCCCC3)C2)C2OC2(C)CCC2C1CC2(C)C. The van der Waals surface area contributed by atoms with Crippen molar-refractivity contribution < 1.29 is 9.84 Å². The number of hydrogen-bond donors (Lipinski definition) is 1. The van der Waals surface area contributed by atoms with Crippen molar-refractivity contribution in [3.8, 4) is 0 Å². The Hall–Kier alpha value is -0.340. The second-order valence-corrected chi connectivity index (χ2v) is 12.9. The second-order valence-electron chi connectivity index (χ2n) is 12.9. The Bertz CT molecular complexity index is 659. The van der Waals surface area contributed by atoms with Crippen LogP contribution in [0.5, 0.6) is 0 Å². The number of rotatable bonds is 3. The molecule has 4 aliphatic carbocycles. The standard InChI is InChI=1S/C27H44O2/c1-19-16-26(14-8-20(17-26)9-15-27(28)11-6-5-7-12-27)23-25(4,29-23)13-10-22-21(19)18-24(22,2)3/h20-23,28H,1,5-18H2,2-4H3. The van der Waals surface area contributed by atoms with Gasteiger partial charge < -0.3 is 9.84 Å². The van der Waals surface area contributed by atoms with Crippen LogP contribution in [0.15, 0.2) is 12.2 Å². The van der Waals surface area contributed by atoms with Crippen molar-refractivity contribution in [3.05, 3.63) is 12.2 Å². The van der Waals surface area contributed by atoms with Gasteiger partial charge in [0.2, 0.25) is 0 Å². The molecule has 4 saturated carbocycles. The van der Waals surface area contributed by atoms with E-state index in [1.165, 1.54) is 70.6 Å². The van der Waals surface area contributed by atoms with Gasteiger partial charge in [-0.3, -0.25) is 0 Å². The highest BCUT2D eigenvalue weighted by Gasteiger charge is 2.65. The van der Waals surface area contributed by atoms with E-state index in [4.69, 9.17) is 4.74 Å². The molecule has 0 aromatic rings. The fourth-order valence-corrected chi connectivity index (χ4v) is 8.43. The molecule has 0 bridgehead atoms. The van der Waals surface area contributed by atoms with E-state index in [9.17, 15) is 5.11 Å². The maximum absolute atomic E-state index is 11.0. The molecule has 5 fully saturated rings. The zero-order chi connectivity index (χ0) is 20.5. The van der Waals surface area contributed by atoms with Gasteiger partial charge in [-0.2, -0.15) is 0 Å². The van der Waals surface area contributed by atoms with Crippen LogP contribution in [0.3, 0.4) is 0 Å². The van der Waals surface area contributed by atoms with Gasteiger partial charge in [0.25, 0.3) is 0 Å². The average molecular weight is 401 g/mol. The number of ether oxygens (including phenoxy) is 1. The summed E-state index contributed by atoms with van der Waals surface area (Å²) in [5, 5.41) is 11.0. The maximum Gasteiger partial charge on any atom is 0.0930 e. The molecule has 1 N–H and O–H groups in total. The van der Waals surface area contributed by atoms with Crippen molar-refractivity contribution >= 4 is 0 Å². The van der Waals surface area contributed by atoms with E-state index in [1.807, 2.05) is 0 Å².